The molecule has 21 heavy (non-hydrogen) atoms. The maximum absolute atomic E-state index is 12.0. The van der Waals surface area contributed by atoms with Crippen molar-refractivity contribution >= 4 is 20.2 Å². The van der Waals surface area contributed by atoms with Crippen LogP contribution in [0.25, 0.3) is 0 Å². The van der Waals surface area contributed by atoms with E-state index in [9.17, 15) is 43.2 Å². The summed E-state index contributed by atoms with van der Waals surface area (Å²) in [6, 6.07) is 0. The van der Waals surface area contributed by atoms with Crippen LogP contribution in [-0.4, -0.2) is 34.5 Å². The van der Waals surface area contributed by atoms with Crippen molar-refractivity contribution in [1.82, 2.24) is 0 Å². The normalized spacial score (nSPS) is 15.1. The molecule has 0 aromatic heterocycles. The van der Waals surface area contributed by atoms with Gasteiger partial charge in [0.15, 0.2) is 0 Å². The fraction of sp³-hybridized carbons (Fsp3) is 0.714. The first kappa shape index (κ1) is 20.0. The second-order valence-corrected chi connectivity index (χ2v) is 6.35. The van der Waals surface area contributed by atoms with E-state index in [1.165, 1.54) is 0 Å². The van der Waals surface area contributed by atoms with Gasteiger partial charge >= 0.3 is 31.3 Å². The van der Waals surface area contributed by atoms with Crippen LogP contribution >= 0.6 is 0 Å². The summed E-state index contributed by atoms with van der Waals surface area (Å²) in [6.07, 6.45) is -0.242. The summed E-state index contributed by atoms with van der Waals surface area (Å²) in [6.45, 7) is -0.228. The molecule has 0 saturated heterocycles. The lowest BCUT2D eigenvalue weighted by Crippen LogP contribution is -2.27. The predicted octanol–water partition coefficient (Wildman–Crippen LogP) is 2.01. The Balaban J connectivity index is 4.74. The summed E-state index contributed by atoms with van der Waals surface area (Å²) < 4.78 is 121. The van der Waals surface area contributed by atoms with Crippen molar-refractivity contribution in [1.29, 1.82) is 0 Å². The summed E-state index contributed by atoms with van der Waals surface area (Å²) >= 11 is 0. The Morgan fingerprint density at radius 1 is 0.952 bits per heavy atom. The summed E-state index contributed by atoms with van der Waals surface area (Å²) in [5, 5.41) is 0. The molecule has 0 fully saturated rings. The Hall–Kier alpha value is -1.02. The fourth-order valence-electron chi connectivity index (χ4n) is 0.741. The van der Waals surface area contributed by atoms with Crippen LogP contribution in [0.4, 0.5) is 26.3 Å². The number of allylic oxidation sites excluding steroid dienone is 1. The molecule has 0 N–H and O–H groups in total. The second kappa shape index (κ2) is 6.39. The van der Waals surface area contributed by atoms with Crippen molar-refractivity contribution in [2.75, 3.05) is 6.61 Å². The summed E-state index contributed by atoms with van der Waals surface area (Å²) in [5.74, 6) is -0.926. The standard InChI is InChI=1S/C7H8F6O6S2/c1-2-5(19-21(16,17)7(11,12)13)3-4-18-20(14,15)6(8,9)10/h2H,3-4H2,1H3. The average Bonchev–Trinajstić information content (AvgIpc) is 2.24. The van der Waals surface area contributed by atoms with Crippen LogP contribution in [0.3, 0.4) is 0 Å². The molecule has 0 spiro atoms. The van der Waals surface area contributed by atoms with E-state index in [-0.39, 0.29) is 0 Å². The van der Waals surface area contributed by atoms with Crippen molar-refractivity contribution in [2.24, 2.45) is 0 Å². The first-order chi connectivity index (χ1) is 9.14. The van der Waals surface area contributed by atoms with Crippen LogP contribution in [0, 0.1) is 0 Å². The minimum atomic E-state index is -6.00. The number of halogens is 6. The molecule has 0 radical (unpaired) electrons. The minimum Gasteiger partial charge on any atom is -0.381 e. The molecule has 0 heterocycles. The molecule has 0 saturated carbocycles. The molecular formula is C7H8F6O6S2. The van der Waals surface area contributed by atoms with Gasteiger partial charge in [-0.15, -0.1) is 0 Å². The molecule has 126 valence electrons. The topological polar surface area (TPSA) is 86.7 Å². The van der Waals surface area contributed by atoms with Crippen molar-refractivity contribution in [3.8, 4) is 0 Å². The molecule has 0 amide bonds. The molecular weight excluding hydrogens is 358 g/mol. The van der Waals surface area contributed by atoms with E-state index in [0.29, 0.717) is 6.08 Å². The Morgan fingerprint density at radius 3 is 1.71 bits per heavy atom. The molecule has 0 aliphatic rings. The minimum absolute atomic E-state index is 0.701. The molecule has 0 atom stereocenters. The van der Waals surface area contributed by atoms with Crippen molar-refractivity contribution in [2.45, 2.75) is 24.4 Å². The zero-order valence-electron chi connectivity index (χ0n) is 10.0. The number of hydrogen-bond donors (Lipinski definition) is 0. The van der Waals surface area contributed by atoms with Crippen LogP contribution in [0.2, 0.25) is 0 Å². The maximum Gasteiger partial charge on any atom is 0.534 e. The van der Waals surface area contributed by atoms with Crippen LogP contribution in [0.1, 0.15) is 13.3 Å². The van der Waals surface area contributed by atoms with Crippen LogP contribution < -0.4 is 0 Å². The lowest BCUT2D eigenvalue weighted by atomic mass is 10.3. The van der Waals surface area contributed by atoms with E-state index < -0.39 is 50.0 Å². The highest BCUT2D eigenvalue weighted by Gasteiger charge is 2.49. The van der Waals surface area contributed by atoms with Crippen LogP contribution in [-0.2, 0) is 28.6 Å². The highest BCUT2D eigenvalue weighted by Crippen LogP contribution is 2.28. The highest BCUT2D eigenvalue weighted by atomic mass is 32.2. The van der Waals surface area contributed by atoms with Gasteiger partial charge in [-0.2, -0.15) is 43.2 Å². The zero-order valence-corrected chi connectivity index (χ0v) is 11.7. The molecule has 14 heteroatoms. The number of alkyl halides is 6. The summed E-state index contributed by atoms with van der Waals surface area (Å²) in [4.78, 5) is 0. The van der Waals surface area contributed by atoms with Gasteiger partial charge in [0.25, 0.3) is 0 Å². The third-order valence-electron chi connectivity index (χ3n) is 1.69. The molecule has 0 aromatic carbocycles. The molecule has 0 unspecified atom stereocenters. The largest absolute Gasteiger partial charge is 0.534 e. The van der Waals surface area contributed by atoms with Gasteiger partial charge in [-0.25, -0.2) is 0 Å². The lowest BCUT2D eigenvalue weighted by Gasteiger charge is -2.12. The van der Waals surface area contributed by atoms with E-state index in [0.717, 1.165) is 6.92 Å². The Morgan fingerprint density at radius 2 is 1.38 bits per heavy atom. The van der Waals surface area contributed by atoms with Crippen LogP contribution in [0.5, 0.6) is 0 Å². The van der Waals surface area contributed by atoms with Gasteiger partial charge in [-0.05, 0) is 13.0 Å². The van der Waals surface area contributed by atoms with Crippen LogP contribution in [0.15, 0.2) is 11.8 Å². The average molecular weight is 366 g/mol. The maximum atomic E-state index is 12.0. The third-order valence-corrected chi connectivity index (χ3v) is 3.74. The van der Waals surface area contributed by atoms with Gasteiger partial charge in [0.05, 0.1) is 6.61 Å². The van der Waals surface area contributed by atoms with Gasteiger partial charge in [0.2, 0.25) is 0 Å². The van der Waals surface area contributed by atoms with Gasteiger partial charge < -0.3 is 4.18 Å². The Bertz CT molecular complexity index is 584. The van der Waals surface area contributed by atoms with Gasteiger partial charge in [-0.3, -0.25) is 4.18 Å². The van der Waals surface area contributed by atoms with E-state index in [1.807, 2.05) is 0 Å². The van der Waals surface area contributed by atoms with E-state index in [4.69, 9.17) is 0 Å². The van der Waals surface area contributed by atoms with Gasteiger partial charge in [-0.1, -0.05) is 0 Å². The van der Waals surface area contributed by atoms with E-state index >= 15 is 0 Å². The lowest BCUT2D eigenvalue weighted by molar-refractivity contribution is -0.0545. The summed E-state index contributed by atoms with van der Waals surface area (Å²) in [5.41, 5.74) is -11.4. The third kappa shape index (κ3) is 5.70. The van der Waals surface area contributed by atoms with Gasteiger partial charge in [0, 0.05) is 6.42 Å². The van der Waals surface area contributed by atoms with E-state index in [2.05, 4.69) is 8.37 Å². The monoisotopic (exact) mass is 366 g/mol. The first-order valence-corrected chi connectivity index (χ1v) is 7.57. The second-order valence-electron chi connectivity index (χ2n) is 3.21. The highest BCUT2D eigenvalue weighted by molar-refractivity contribution is 7.87. The quantitative estimate of drug-likeness (QED) is 0.309. The number of rotatable bonds is 6. The van der Waals surface area contributed by atoms with E-state index in [1.54, 1.807) is 0 Å². The SMILES string of the molecule is CC=C(CCOS(=O)(=O)C(F)(F)F)OS(=O)(=O)C(F)(F)F. The van der Waals surface area contributed by atoms with Crippen molar-refractivity contribution in [3.05, 3.63) is 11.8 Å². The van der Waals surface area contributed by atoms with Crippen molar-refractivity contribution in [3.63, 3.8) is 0 Å². The molecule has 6 nitrogen and oxygen atoms in total. The number of hydrogen-bond acceptors (Lipinski definition) is 6. The Kier molecular flexibility index (Phi) is 6.08. The zero-order chi connectivity index (χ0) is 17.1. The van der Waals surface area contributed by atoms with Crippen molar-refractivity contribution < 1.29 is 51.5 Å². The van der Waals surface area contributed by atoms with Gasteiger partial charge in [0.1, 0.15) is 5.76 Å². The smallest absolute Gasteiger partial charge is 0.381 e. The molecule has 0 aliphatic heterocycles. The molecule has 0 aliphatic carbocycles. The summed E-state index contributed by atoms with van der Waals surface area (Å²) in [7, 11) is -11.9. The fourth-order valence-corrected chi connectivity index (χ4v) is 1.73. The molecule has 0 aromatic rings. The predicted molar refractivity (Wildman–Crippen MR) is 55.4 cm³/mol. The first-order valence-electron chi connectivity index (χ1n) is 4.75. The Labute approximate surface area is 115 Å². The molecule has 0 bridgehead atoms. The molecule has 0 rings (SSSR count).